The molecular formula is C78H101F3N18O21S2. The third-order valence-electron chi connectivity index (χ3n) is 20.0. The van der Waals surface area contributed by atoms with Crippen molar-refractivity contribution < 1.29 is 115 Å². The van der Waals surface area contributed by atoms with Crippen molar-refractivity contribution in [2.45, 2.75) is 202 Å². The molecule has 21 N–H and O–H groups in total. The number of benzene rings is 3. The number of unbranched alkanes of at least 4 members (excludes halogenated alkanes) is 1. The number of H-pyrrole nitrogens is 2. The van der Waals surface area contributed by atoms with Crippen LogP contribution in [0.25, 0.3) is 10.9 Å². The first kappa shape index (κ1) is 96.8. The van der Waals surface area contributed by atoms with Gasteiger partial charge in [0.05, 0.1) is 18.6 Å². The predicted molar refractivity (Wildman–Crippen MR) is 433 cm³/mol. The molecule has 0 saturated carbocycles. The van der Waals surface area contributed by atoms with E-state index in [2.05, 4.69) is 84.1 Å². The number of nitrogens with one attached hydrogen (secondary N) is 15. The van der Waals surface area contributed by atoms with E-state index in [1.54, 1.807) is 74.6 Å². The van der Waals surface area contributed by atoms with E-state index >= 15 is 14.4 Å². The quantitative estimate of drug-likeness (QED) is 0.0173. The smallest absolute Gasteiger partial charge is 0.490 e. The van der Waals surface area contributed by atoms with E-state index in [4.69, 9.17) is 15.6 Å². The van der Waals surface area contributed by atoms with Gasteiger partial charge in [-0.1, -0.05) is 103 Å². The number of nitrogens with zero attached hydrogens (tertiary/aromatic N) is 2. The number of hydrogen-bond donors (Lipinski definition) is 20. The second-order valence-corrected chi connectivity index (χ2v) is 31.8. The standard InChI is InChI=1S/C76H100N18O19S2.C2HF3O2/c1-5-40(2)63(76(112)113)93-73(109)58-38-115-114-37-57(91-68(104)52(25-27-62(98)99)86-74(110)59-19-13-29-94(59)75(111)42(4)83-64(100)41(3)82-61(97)36-80-65(101)56(33-46-35-78-39-81-46)90-67(103)51-24-26-60(96)84-51)72(108)88-53(30-43-14-7-6-8-15-43)69(105)89-55(32-45-34-79-49-17-10-9-16-48(45)49)71(107)85-50(18-11-12-28-77)66(102)87-54(70(106)92-58)31-44-20-22-47(95)23-21-44;3-2(4,5)1(6)7/h6-10,14-17,20-23,34-35,39-42,50-59,63,79,95H,5,11-13,18-19,24-33,36-38,77H2,1-4H3,(H,78,81)(H,80,101)(H,82,97)(H,83,100)(H,84,96)(H,85,107)(H,86,110)(H,87,102)(H,88,108)(H,89,105)(H,90,103)(H,91,104)(H,92,106)(H,93,109)(H,98,99)(H,112,113);(H,6,7)/t40-,41-,42-,50-,51-,52-,53?,54?,55-,56-,57-,58?,59-,63-;/m0./s1. The molecule has 3 aliphatic rings. The van der Waals surface area contributed by atoms with Crippen molar-refractivity contribution in [1.29, 1.82) is 0 Å². The zero-order valence-electron chi connectivity index (χ0n) is 66.9. The van der Waals surface area contributed by atoms with Crippen LogP contribution in [0.5, 0.6) is 5.75 Å². The number of para-hydroxylation sites is 1. The molecule has 3 fully saturated rings. The third-order valence-corrected chi connectivity index (χ3v) is 22.5. The summed E-state index contributed by atoms with van der Waals surface area (Å²) in [6.07, 6.45) is -1.25. The van der Waals surface area contributed by atoms with Crippen molar-refractivity contribution in [3.05, 3.63) is 120 Å². The summed E-state index contributed by atoms with van der Waals surface area (Å²) in [5.41, 5.74) is 8.45. The van der Waals surface area contributed by atoms with Crippen LogP contribution in [0.1, 0.15) is 114 Å². The minimum absolute atomic E-state index is 0.0122. The highest BCUT2D eigenvalue weighted by Crippen LogP contribution is 2.27. The molecule has 14 amide bonds. The van der Waals surface area contributed by atoms with Crippen LogP contribution in [0.15, 0.2) is 97.6 Å². The Morgan fingerprint density at radius 1 is 0.631 bits per heavy atom. The third kappa shape index (κ3) is 30.1. The number of aromatic hydroxyl groups is 1. The van der Waals surface area contributed by atoms with Gasteiger partial charge in [-0.15, -0.1) is 0 Å². The fraction of sp³-hybridized carbons (Fsp3) is 0.487. The number of carbonyl (C=O) groups excluding carboxylic acids is 14. The number of carboxylic acid groups (broad SMARTS) is 3. The number of halogens is 3. The number of hydrogen-bond acceptors (Lipinski definition) is 22. The number of fused-ring (bicyclic) bond motifs is 1. The molecule has 14 atom stereocenters. The van der Waals surface area contributed by atoms with Gasteiger partial charge in [-0.05, 0) is 106 Å². The van der Waals surface area contributed by atoms with Crippen LogP contribution in [-0.4, -0.2) is 257 Å². The zero-order chi connectivity index (χ0) is 89.5. The van der Waals surface area contributed by atoms with Gasteiger partial charge in [-0.2, -0.15) is 13.2 Å². The number of rotatable bonds is 33. The first-order valence-electron chi connectivity index (χ1n) is 39.2. The number of amides is 14. The number of carboxylic acids is 3. The van der Waals surface area contributed by atoms with E-state index in [-0.39, 0.29) is 89.0 Å². The SMILES string of the molecule is CC[C@H](C)[C@H](NC(=O)C1CSSC[C@H](NC(=O)[C@H](CCC(=O)O)NC(=O)[C@@H]2CCCN2C(=O)[C@H](C)NC(=O)[C@H](C)NC(=O)CNC(=O)[C@H](Cc2c[nH]cn2)NC(=O)[C@@H]2CCC(=O)N2)C(=O)NC(Cc2ccccc2)C(=O)N[C@@H](Cc2c[nH]c3ccccc23)C(=O)N[C@@H](CCCCN)C(=O)NC(Cc2ccc(O)cc2)C(=O)N1)C(=O)O.O=C(O)C(F)(F)F. The minimum atomic E-state index is -5.08. The molecule has 39 nitrogen and oxygen atoms in total. The number of phenols is 1. The maximum atomic E-state index is 15.3. The lowest BCUT2D eigenvalue weighted by molar-refractivity contribution is -0.192. The van der Waals surface area contributed by atoms with Gasteiger partial charge in [0.1, 0.15) is 84.3 Å². The van der Waals surface area contributed by atoms with Crippen LogP contribution >= 0.6 is 21.6 Å². The van der Waals surface area contributed by atoms with Crippen LogP contribution in [0.3, 0.4) is 0 Å². The molecule has 8 rings (SSSR count). The van der Waals surface area contributed by atoms with E-state index in [0.717, 1.165) is 26.5 Å². The maximum Gasteiger partial charge on any atom is 0.490 e. The molecule has 3 aliphatic heterocycles. The molecule has 662 valence electrons. The van der Waals surface area contributed by atoms with E-state index in [0.29, 0.717) is 46.1 Å². The highest BCUT2D eigenvalue weighted by molar-refractivity contribution is 8.76. The number of nitrogens with two attached hydrogens (primary N) is 1. The Labute approximate surface area is 704 Å². The highest BCUT2D eigenvalue weighted by atomic mass is 33.1. The molecule has 0 spiro atoms. The molecule has 44 heteroatoms. The molecule has 0 bridgehead atoms. The van der Waals surface area contributed by atoms with Crippen LogP contribution in [0, 0.1) is 5.92 Å². The minimum Gasteiger partial charge on any atom is -0.508 e. The number of phenolic OH excluding ortho intramolecular Hbond substituents is 1. The normalized spacial score (nSPS) is 20.8. The number of aliphatic carboxylic acids is 3. The first-order chi connectivity index (χ1) is 57.9. The van der Waals surface area contributed by atoms with Gasteiger partial charge in [0.15, 0.2) is 0 Å². The van der Waals surface area contributed by atoms with Crippen molar-refractivity contribution >= 4 is 133 Å². The monoisotopic (exact) mass is 1750 g/mol. The van der Waals surface area contributed by atoms with E-state index in [1.807, 2.05) is 0 Å². The maximum absolute atomic E-state index is 15.3. The second-order valence-electron chi connectivity index (χ2n) is 29.3. The Balaban J connectivity index is 0.00000280. The molecule has 0 radical (unpaired) electrons. The number of aromatic nitrogens is 3. The van der Waals surface area contributed by atoms with Gasteiger partial charge in [0.25, 0.3) is 0 Å². The summed E-state index contributed by atoms with van der Waals surface area (Å²) in [5.74, 6) is -19.1. The Morgan fingerprint density at radius 2 is 1.23 bits per heavy atom. The number of carbonyl (C=O) groups is 17. The van der Waals surface area contributed by atoms with Crippen LogP contribution in [0.4, 0.5) is 13.2 Å². The summed E-state index contributed by atoms with van der Waals surface area (Å²) < 4.78 is 31.7. The molecule has 122 heavy (non-hydrogen) atoms. The lowest BCUT2D eigenvalue weighted by Crippen LogP contribution is -2.61. The van der Waals surface area contributed by atoms with Crippen molar-refractivity contribution in [3.63, 3.8) is 0 Å². The van der Waals surface area contributed by atoms with Gasteiger partial charge >= 0.3 is 24.1 Å². The van der Waals surface area contributed by atoms with Gasteiger partial charge in [-0.3, -0.25) is 71.9 Å². The lowest BCUT2D eigenvalue weighted by atomic mass is 9.99. The van der Waals surface area contributed by atoms with Crippen molar-refractivity contribution in [2.75, 3.05) is 31.1 Å². The van der Waals surface area contributed by atoms with Crippen molar-refractivity contribution in [2.24, 2.45) is 11.7 Å². The van der Waals surface area contributed by atoms with Gasteiger partial charge in [0, 0.05) is 79.9 Å². The zero-order valence-corrected chi connectivity index (χ0v) is 68.5. The number of imidazole rings is 1. The lowest BCUT2D eigenvalue weighted by Gasteiger charge is -2.30. The van der Waals surface area contributed by atoms with Crippen LogP contribution in [-0.2, 0) is 107 Å². The average molecular weight is 1750 g/mol. The Bertz CT molecular complexity index is 4530. The molecule has 3 unspecified atom stereocenters. The molecule has 0 aliphatic carbocycles. The molecule has 5 heterocycles. The fourth-order valence-electron chi connectivity index (χ4n) is 13.1. The predicted octanol–water partition coefficient (Wildman–Crippen LogP) is -1.22. The Kier molecular flexibility index (Phi) is 37.3. The highest BCUT2D eigenvalue weighted by Gasteiger charge is 2.42. The number of likely N-dealkylation sites (tertiary alicyclic amines) is 1. The molecular weight excluding hydrogens is 1650 g/mol. The molecule has 3 aromatic carbocycles. The Hall–Kier alpha value is -12.4. The van der Waals surface area contributed by atoms with Crippen molar-refractivity contribution in [1.82, 2.24) is 89.0 Å². The Morgan fingerprint density at radius 3 is 1.84 bits per heavy atom. The molecule has 5 aromatic rings. The fourth-order valence-corrected chi connectivity index (χ4v) is 15.4. The van der Waals surface area contributed by atoms with Gasteiger partial charge in [-0.25, -0.2) is 14.6 Å². The average Bonchev–Trinajstić information content (AvgIpc) is 1.72. The summed E-state index contributed by atoms with van der Waals surface area (Å²) in [7, 11) is 1.71. The number of alkyl halides is 3. The van der Waals surface area contributed by atoms with Crippen LogP contribution < -0.4 is 74.9 Å². The van der Waals surface area contributed by atoms with E-state index < -0.39 is 216 Å². The summed E-state index contributed by atoms with van der Waals surface area (Å²) >= 11 is 0. The largest absolute Gasteiger partial charge is 0.508 e. The summed E-state index contributed by atoms with van der Waals surface area (Å²) in [5, 5.41) is 72.3. The summed E-state index contributed by atoms with van der Waals surface area (Å²) in [4.78, 5) is 244. The van der Waals surface area contributed by atoms with E-state index in [9.17, 15) is 90.8 Å². The summed E-state index contributed by atoms with van der Waals surface area (Å²) in [6, 6.07) is 2.43. The summed E-state index contributed by atoms with van der Waals surface area (Å²) in [6.45, 7) is 5.40. The van der Waals surface area contributed by atoms with Gasteiger partial charge in [0.2, 0.25) is 82.7 Å². The van der Waals surface area contributed by atoms with E-state index in [1.165, 1.54) is 50.6 Å². The number of aromatic amines is 2. The second kappa shape index (κ2) is 47.0. The van der Waals surface area contributed by atoms with Crippen molar-refractivity contribution in [3.8, 4) is 5.75 Å². The van der Waals surface area contributed by atoms with Gasteiger partial charge < -0.3 is 110 Å². The first-order valence-corrected chi connectivity index (χ1v) is 41.7. The topological polar surface area (TPSA) is 601 Å². The van der Waals surface area contributed by atoms with Crippen LogP contribution in [0.2, 0.25) is 0 Å². The molecule has 3 saturated heterocycles. The molecule has 2 aromatic heterocycles.